The predicted molar refractivity (Wildman–Crippen MR) is 123 cm³/mol. The molecule has 1 aromatic heterocycles. The fourth-order valence-electron chi connectivity index (χ4n) is 4.29. The Morgan fingerprint density at radius 1 is 1.07 bits per heavy atom. The molecule has 1 amide bonds. The zero-order valence-corrected chi connectivity index (χ0v) is 17.4. The highest BCUT2D eigenvalue weighted by Crippen LogP contribution is 2.35. The molecule has 0 unspecified atom stereocenters. The largest absolute Gasteiger partial charge is 0.361 e. The quantitative estimate of drug-likeness (QED) is 0.472. The number of hydrogen-bond donors (Lipinski definition) is 2. The molecule has 2 aliphatic rings. The maximum absolute atomic E-state index is 12.8. The number of piperidine rings is 1. The first-order chi connectivity index (χ1) is 14.2. The van der Waals surface area contributed by atoms with E-state index in [1.165, 1.54) is 6.42 Å². The highest BCUT2D eigenvalue weighted by atomic mass is 35.5. The number of amides is 1. The smallest absolute Gasteiger partial charge is 0.256 e. The average molecular weight is 422 g/mol. The average Bonchev–Trinajstić information content (AvgIpc) is 3.29. The van der Waals surface area contributed by atoms with E-state index < -0.39 is 0 Å². The molecule has 1 fully saturated rings. The van der Waals surface area contributed by atoms with Crippen molar-refractivity contribution in [1.82, 2.24) is 9.88 Å². The second-order valence-electron chi connectivity index (χ2n) is 7.82. The standard InChI is InChI=1S/C24H23N3O2.ClH/c28-23(15-27-10-4-1-5-11-27)16-8-9-22-19(12-16)20(24(29)26-22)13-17-14-25-21-7-3-2-6-18(17)21;/h2-3,6-9,12-14,25H,1,4-5,10-11,15H2,(H,26,29);1H/b20-13+;. The number of aromatic amines is 1. The van der Waals surface area contributed by atoms with Crippen molar-refractivity contribution in [3.63, 3.8) is 0 Å². The van der Waals surface area contributed by atoms with Crippen molar-refractivity contribution < 1.29 is 9.59 Å². The minimum absolute atomic E-state index is 0. The van der Waals surface area contributed by atoms with Crippen molar-refractivity contribution in [3.8, 4) is 0 Å². The van der Waals surface area contributed by atoms with Crippen LogP contribution >= 0.6 is 12.4 Å². The van der Waals surface area contributed by atoms with Gasteiger partial charge in [-0.1, -0.05) is 24.6 Å². The number of ketones is 1. The lowest BCUT2D eigenvalue weighted by atomic mass is 9.99. The number of nitrogens with one attached hydrogen (secondary N) is 2. The molecule has 0 radical (unpaired) electrons. The number of halogens is 1. The Hall–Kier alpha value is -2.89. The minimum Gasteiger partial charge on any atom is -0.361 e. The van der Waals surface area contributed by atoms with E-state index in [2.05, 4.69) is 15.2 Å². The SMILES string of the molecule is Cl.O=C1Nc2ccc(C(=O)CN3CCCCC3)cc2/C1=C\c1c[nH]c2ccccc12. The zero-order valence-electron chi connectivity index (χ0n) is 16.6. The van der Waals surface area contributed by atoms with Crippen molar-refractivity contribution in [2.75, 3.05) is 25.0 Å². The molecule has 2 aromatic carbocycles. The Morgan fingerprint density at radius 3 is 2.70 bits per heavy atom. The molecule has 6 heteroatoms. The molecule has 5 nitrogen and oxygen atoms in total. The van der Waals surface area contributed by atoms with Gasteiger partial charge in [0.2, 0.25) is 0 Å². The minimum atomic E-state index is -0.133. The van der Waals surface area contributed by atoms with Gasteiger partial charge in [-0.05, 0) is 56.3 Å². The van der Waals surface area contributed by atoms with Gasteiger partial charge in [0.15, 0.2) is 5.78 Å². The molecular weight excluding hydrogens is 398 g/mol. The molecular formula is C24H24ClN3O2. The number of H-pyrrole nitrogens is 1. The van der Waals surface area contributed by atoms with Gasteiger partial charge < -0.3 is 10.3 Å². The molecule has 2 aliphatic heterocycles. The second kappa shape index (κ2) is 8.46. The van der Waals surface area contributed by atoms with Crippen LogP contribution in [-0.2, 0) is 4.79 Å². The summed E-state index contributed by atoms with van der Waals surface area (Å²) in [6.07, 6.45) is 7.38. The topological polar surface area (TPSA) is 65.2 Å². The van der Waals surface area contributed by atoms with Crippen molar-refractivity contribution in [2.45, 2.75) is 19.3 Å². The summed E-state index contributed by atoms with van der Waals surface area (Å²) in [6.45, 7) is 2.42. The second-order valence-corrected chi connectivity index (χ2v) is 7.82. The number of fused-ring (bicyclic) bond motifs is 2. The van der Waals surface area contributed by atoms with Gasteiger partial charge >= 0.3 is 0 Å². The number of Topliss-reactive ketones (excluding diaryl/α,β-unsaturated/α-hetero) is 1. The first-order valence-electron chi connectivity index (χ1n) is 10.2. The number of aromatic nitrogens is 1. The van der Waals surface area contributed by atoms with Crippen LogP contribution in [0.5, 0.6) is 0 Å². The molecule has 5 rings (SSSR count). The van der Waals surface area contributed by atoms with Crippen LogP contribution in [0.1, 0.15) is 40.7 Å². The van der Waals surface area contributed by atoms with Gasteiger partial charge in [0.25, 0.3) is 5.91 Å². The van der Waals surface area contributed by atoms with Gasteiger partial charge in [-0.3, -0.25) is 14.5 Å². The Balaban J connectivity index is 0.00000218. The first kappa shape index (κ1) is 20.4. The third-order valence-corrected chi connectivity index (χ3v) is 5.86. The maximum Gasteiger partial charge on any atom is 0.256 e. The van der Waals surface area contributed by atoms with E-state index in [0.29, 0.717) is 17.7 Å². The lowest BCUT2D eigenvalue weighted by molar-refractivity contribution is -0.110. The molecule has 0 bridgehead atoms. The van der Waals surface area contributed by atoms with Crippen LogP contribution in [0, 0.1) is 0 Å². The van der Waals surface area contributed by atoms with Crippen LogP contribution in [0.15, 0.2) is 48.7 Å². The Kier molecular flexibility index (Phi) is 5.75. The van der Waals surface area contributed by atoms with Crippen LogP contribution in [0.3, 0.4) is 0 Å². The van der Waals surface area contributed by atoms with E-state index in [1.54, 1.807) is 0 Å². The predicted octanol–water partition coefficient (Wildman–Crippen LogP) is 4.75. The Morgan fingerprint density at radius 2 is 1.87 bits per heavy atom. The summed E-state index contributed by atoms with van der Waals surface area (Å²) in [7, 11) is 0. The fourth-order valence-corrected chi connectivity index (χ4v) is 4.29. The van der Waals surface area contributed by atoms with Gasteiger partial charge in [0.05, 0.1) is 6.54 Å². The molecule has 0 aliphatic carbocycles. The van der Waals surface area contributed by atoms with Crippen molar-refractivity contribution in [2.24, 2.45) is 0 Å². The highest BCUT2D eigenvalue weighted by molar-refractivity contribution is 6.35. The Labute approximate surface area is 181 Å². The molecule has 30 heavy (non-hydrogen) atoms. The van der Waals surface area contributed by atoms with E-state index in [-0.39, 0.29) is 24.1 Å². The third kappa shape index (κ3) is 3.78. The van der Waals surface area contributed by atoms with Gasteiger partial charge in [-0.2, -0.15) is 0 Å². The molecule has 3 aromatic rings. The van der Waals surface area contributed by atoms with Crippen LogP contribution in [0.4, 0.5) is 5.69 Å². The summed E-state index contributed by atoms with van der Waals surface area (Å²) in [5.41, 5.74) is 4.81. The number of carbonyl (C=O) groups excluding carboxylic acids is 2. The monoisotopic (exact) mass is 421 g/mol. The molecule has 0 saturated carbocycles. The fraction of sp³-hybridized carbons (Fsp3) is 0.250. The van der Waals surface area contributed by atoms with Gasteiger partial charge in [0.1, 0.15) is 0 Å². The summed E-state index contributed by atoms with van der Waals surface area (Å²) in [4.78, 5) is 30.9. The molecule has 0 atom stereocenters. The summed E-state index contributed by atoms with van der Waals surface area (Å²) in [5, 5.41) is 3.98. The van der Waals surface area contributed by atoms with Crippen LogP contribution < -0.4 is 5.32 Å². The van der Waals surface area contributed by atoms with Crippen molar-refractivity contribution in [3.05, 3.63) is 65.4 Å². The molecule has 2 N–H and O–H groups in total. The van der Waals surface area contributed by atoms with Crippen LogP contribution in [0.2, 0.25) is 0 Å². The highest BCUT2D eigenvalue weighted by Gasteiger charge is 2.26. The van der Waals surface area contributed by atoms with Gasteiger partial charge in [-0.25, -0.2) is 0 Å². The molecule has 154 valence electrons. The number of hydrogen-bond acceptors (Lipinski definition) is 3. The van der Waals surface area contributed by atoms with E-state index in [1.807, 2.05) is 54.7 Å². The van der Waals surface area contributed by atoms with Crippen molar-refractivity contribution in [1.29, 1.82) is 0 Å². The number of benzene rings is 2. The van der Waals surface area contributed by atoms with E-state index in [0.717, 1.165) is 53.6 Å². The molecule has 1 saturated heterocycles. The normalized spacial score (nSPS) is 17.6. The summed E-state index contributed by atoms with van der Waals surface area (Å²) >= 11 is 0. The van der Waals surface area contributed by atoms with Gasteiger partial charge in [0, 0.05) is 45.1 Å². The summed E-state index contributed by atoms with van der Waals surface area (Å²) < 4.78 is 0. The van der Waals surface area contributed by atoms with E-state index in [4.69, 9.17) is 0 Å². The number of rotatable bonds is 4. The maximum atomic E-state index is 12.8. The van der Waals surface area contributed by atoms with Crippen molar-refractivity contribution >= 4 is 52.3 Å². The van der Waals surface area contributed by atoms with Crippen LogP contribution in [0.25, 0.3) is 22.6 Å². The molecule has 3 heterocycles. The number of para-hydroxylation sites is 1. The number of likely N-dealkylation sites (tertiary alicyclic amines) is 1. The third-order valence-electron chi connectivity index (χ3n) is 5.86. The Bertz CT molecular complexity index is 1140. The zero-order chi connectivity index (χ0) is 19.8. The summed E-state index contributed by atoms with van der Waals surface area (Å²) in [6, 6.07) is 13.5. The lowest BCUT2D eigenvalue weighted by Crippen LogP contribution is -2.34. The summed E-state index contributed by atoms with van der Waals surface area (Å²) in [5.74, 6) is -0.0218. The number of nitrogens with zero attached hydrogens (tertiary/aromatic N) is 1. The van der Waals surface area contributed by atoms with E-state index >= 15 is 0 Å². The number of carbonyl (C=O) groups is 2. The van der Waals surface area contributed by atoms with Gasteiger partial charge in [-0.15, -0.1) is 12.4 Å². The first-order valence-corrected chi connectivity index (χ1v) is 10.2. The van der Waals surface area contributed by atoms with Crippen LogP contribution in [-0.4, -0.2) is 41.2 Å². The lowest BCUT2D eigenvalue weighted by Gasteiger charge is -2.25. The number of anilines is 1. The van der Waals surface area contributed by atoms with E-state index in [9.17, 15) is 9.59 Å². The molecule has 0 spiro atoms.